The lowest BCUT2D eigenvalue weighted by Gasteiger charge is -2.16. The highest BCUT2D eigenvalue weighted by Gasteiger charge is 2.42. The number of nitrogens with zero attached hydrogens (tertiary/aromatic N) is 1. The van der Waals surface area contributed by atoms with Gasteiger partial charge in [-0.3, -0.25) is 0 Å². The summed E-state index contributed by atoms with van der Waals surface area (Å²) in [6.45, 7) is 0. The summed E-state index contributed by atoms with van der Waals surface area (Å²) in [7, 11) is 0. The third-order valence-corrected chi connectivity index (χ3v) is 2.37. The molecule has 1 aromatic heterocycles. The maximum atomic E-state index is 12.4. The standard InChI is InChI=1S/C7H3F6IN2O/c8-6(9,10)5-4(17-7(11,12)13)3(15)2(14)1-16-5/h1H,(H2,15,16). The molecule has 0 unspecified atom stereocenters. The lowest BCUT2D eigenvalue weighted by molar-refractivity contribution is -0.276. The third kappa shape index (κ3) is 3.51. The molecular formula is C7H3F6IN2O. The Morgan fingerprint density at radius 1 is 1.18 bits per heavy atom. The van der Waals surface area contributed by atoms with E-state index in [0.717, 1.165) is 0 Å². The molecule has 0 amide bonds. The first kappa shape index (κ1) is 14.1. The highest BCUT2D eigenvalue weighted by Crippen LogP contribution is 2.41. The van der Waals surface area contributed by atoms with E-state index >= 15 is 0 Å². The number of anilines is 1. The Kier molecular flexibility index (Phi) is 3.64. The highest BCUT2D eigenvalue weighted by atomic mass is 127. The van der Waals surface area contributed by atoms with E-state index in [-0.39, 0.29) is 3.57 Å². The minimum atomic E-state index is -5.28. The normalized spacial score (nSPS) is 12.6. The van der Waals surface area contributed by atoms with E-state index in [1.165, 1.54) is 22.6 Å². The van der Waals surface area contributed by atoms with Crippen LogP contribution in [0.4, 0.5) is 32.0 Å². The minimum absolute atomic E-state index is 0.0742. The molecule has 2 N–H and O–H groups in total. The van der Waals surface area contributed by atoms with E-state index in [4.69, 9.17) is 5.73 Å². The smallest absolute Gasteiger partial charge is 0.401 e. The summed E-state index contributed by atoms with van der Waals surface area (Å²) in [6, 6.07) is 0. The molecule has 0 aromatic carbocycles. The molecule has 0 aliphatic heterocycles. The maximum absolute atomic E-state index is 12.4. The molecule has 1 heterocycles. The largest absolute Gasteiger partial charge is 0.573 e. The van der Waals surface area contributed by atoms with Crippen molar-refractivity contribution < 1.29 is 31.1 Å². The average molecular weight is 372 g/mol. The molecule has 0 spiro atoms. The Balaban J connectivity index is 3.37. The molecule has 0 saturated heterocycles. The van der Waals surface area contributed by atoms with E-state index < -0.39 is 29.7 Å². The molecule has 0 saturated carbocycles. The monoisotopic (exact) mass is 372 g/mol. The fraction of sp³-hybridized carbons (Fsp3) is 0.286. The third-order valence-electron chi connectivity index (χ3n) is 1.51. The van der Waals surface area contributed by atoms with Gasteiger partial charge in [-0.05, 0) is 22.6 Å². The van der Waals surface area contributed by atoms with Crippen LogP contribution in [0.2, 0.25) is 0 Å². The zero-order chi connectivity index (χ0) is 13.4. The number of halogens is 7. The zero-order valence-corrected chi connectivity index (χ0v) is 9.81. The van der Waals surface area contributed by atoms with Crippen molar-refractivity contribution in [1.29, 1.82) is 0 Å². The fourth-order valence-electron chi connectivity index (χ4n) is 0.906. The van der Waals surface area contributed by atoms with E-state index in [1.54, 1.807) is 0 Å². The van der Waals surface area contributed by atoms with E-state index in [0.29, 0.717) is 6.20 Å². The number of aromatic nitrogens is 1. The van der Waals surface area contributed by atoms with Crippen molar-refractivity contribution in [1.82, 2.24) is 4.98 Å². The van der Waals surface area contributed by atoms with Gasteiger partial charge >= 0.3 is 12.5 Å². The van der Waals surface area contributed by atoms with Crippen LogP contribution in [0.15, 0.2) is 6.20 Å². The van der Waals surface area contributed by atoms with Gasteiger partial charge in [0.15, 0.2) is 11.4 Å². The van der Waals surface area contributed by atoms with Crippen LogP contribution in [-0.4, -0.2) is 11.3 Å². The molecule has 1 rings (SSSR count). The Hall–Kier alpha value is -0.940. The second kappa shape index (κ2) is 4.38. The van der Waals surface area contributed by atoms with Gasteiger partial charge in [-0.25, -0.2) is 4.98 Å². The first-order valence-electron chi connectivity index (χ1n) is 3.79. The van der Waals surface area contributed by atoms with Gasteiger partial charge in [0.25, 0.3) is 0 Å². The van der Waals surface area contributed by atoms with Gasteiger partial charge in [-0.2, -0.15) is 13.2 Å². The zero-order valence-electron chi connectivity index (χ0n) is 7.66. The molecule has 1 aromatic rings. The molecule has 3 nitrogen and oxygen atoms in total. The van der Waals surface area contributed by atoms with Crippen molar-refractivity contribution in [3.05, 3.63) is 15.5 Å². The number of pyridine rings is 1. The Labute approximate surface area is 104 Å². The SMILES string of the molecule is Nc1c(I)cnc(C(F)(F)F)c1OC(F)(F)F. The Bertz CT molecular complexity index is 430. The second-order valence-corrected chi connectivity index (χ2v) is 3.91. The average Bonchev–Trinajstić information content (AvgIpc) is 2.08. The van der Waals surface area contributed by atoms with Gasteiger partial charge in [0.05, 0.1) is 9.26 Å². The molecule has 0 atom stereocenters. The molecule has 0 radical (unpaired) electrons. The number of hydrogen-bond acceptors (Lipinski definition) is 3. The summed E-state index contributed by atoms with van der Waals surface area (Å²) in [5, 5.41) is 0. The fourth-order valence-corrected chi connectivity index (χ4v) is 1.29. The predicted octanol–water partition coefficient (Wildman–Crippen LogP) is 3.19. The number of nitrogen functional groups attached to an aromatic ring is 1. The van der Waals surface area contributed by atoms with Crippen molar-refractivity contribution in [2.45, 2.75) is 12.5 Å². The van der Waals surface area contributed by atoms with Crippen LogP contribution in [-0.2, 0) is 6.18 Å². The molecule has 0 fully saturated rings. The molecular weight excluding hydrogens is 369 g/mol. The molecule has 0 aliphatic carbocycles. The Morgan fingerprint density at radius 3 is 2.12 bits per heavy atom. The Morgan fingerprint density at radius 2 is 1.71 bits per heavy atom. The lowest BCUT2D eigenvalue weighted by Crippen LogP contribution is -2.22. The van der Waals surface area contributed by atoms with Gasteiger partial charge in [0, 0.05) is 6.20 Å². The maximum Gasteiger partial charge on any atom is 0.573 e. The van der Waals surface area contributed by atoms with E-state index in [1.807, 2.05) is 0 Å². The summed E-state index contributed by atoms with van der Waals surface area (Å²) in [5.74, 6) is -1.53. The van der Waals surface area contributed by atoms with Crippen LogP contribution in [0.25, 0.3) is 0 Å². The molecule has 17 heavy (non-hydrogen) atoms. The van der Waals surface area contributed by atoms with Crippen molar-refractivity contribution in [3.63, 3.8) is 0 Å². The summed E-state index contributed by atoms with van der Waals surface area (Å²) >= 11 is 1.44. The van der Waals surface area contributed by atoms with E-state index in [9.17, 15) is 26.3 Å². The van der Waals surface area contributed by atoms with Crippen molar-refractivity contribution in [2.75, 3.05) is 5.73 Å². The number of hydrogen-bond donors (Lipinski definition) is 1. The van der Waals surface area contributed by atoms with Gasteiger partial charge in [0.2, 0.25) is 0 Å². The molecule has 0 bridgehead atoms. The molecule has 10 heteroatoms. The van der Waals surface area contributed by atoms with Crippen molar-refractivity contribution in [3.8, 4) is 5.75 Å². The van der Waals surface area contributed by atoms with Crippen LogP contribution in [0.3, 0.4) is 0 Å². The quantitative estimate of drug-likeness (QED) is 0.609. The summed E-state index contributed by atoms with van der Waals surface area (Å²) in [4.78, 5) is 2.86. The number of rotatable bonds is 1. The van der Waals surface area contributed by atoms with Crippen LogP contribution >= 0.6 is 22.6 Å². The summed E-state index contributed by atoms with van der Waals surface area (Å²) in [6.07, 6.45) is -9.65. The number of ether oxygens (including phenoxy) is 1. The van der Waals surface area contributed by atoms with Crippen LogP contribution < -0.4 is 10.5 Å². The van der Waals surface area contributed by atoms with Gasteiger partial charge in [0.1, 0.15) is 0 Å². The van der Waals surface area contributed by atoms with Gasteiger partial charge in [-0.15, -0.1) is 13.2 Å². The van der Waals surface area contributed by atoms with Crippen molar-refractivity contribution >= 4 is 28.3 Å². The van der Waals surface area contributed by atoms with Crippen molar-refractivity contribution in [2.24, 2.45) is 0 Å². The van der Waals surface area contributed by atoms with Crippen LogP contribution in [0, 0.1) is 3.57 Å². The first-order valence-corrected chi connectivity index (χ1v) is 4.87. The van der Waals surface area contributed by atoms with E-state index in [2.05, 4.69) is 9.72 Å². The second-order valence-electron chi connectivity index (χ2n) is 2.74. The summed E-state index contributed by atoms with van der Waals surface area (Å²) < 4.78 is 76.1. The summed E-state index contributed by atoms with van der Waals surface area (Å²) in [5.41, 5.74) is 2.54. The predicted molar refractivity (Wildman–Crippen MR) is 53.1 cm³/mol. The van der Waals surface area contributed by atoms with Gasteiger partial charge in [-0.1, -0.05) is 0 Å². The lowest BCUT2D eigenvalue weighted by atomic mass is 10.3. The number of nitrogens with two attached hydrogens (primary N) is 1. The first-order chi connectivity index (χ1) is 7.52. The minimum Gasteiger partial charge on any atom is -0.401 e. The molecule has 96 valence electrons. The topological polar surface area (TPSA) is 48.1 Å². The van der Waals surface area contributed by atoms with Crippen LogP contribution in [0.1, 0.15) is 5.69 Å². The number of alkyl halides is 6. The van der Waals surface area contributed by atoms with Gasteiger partial charge < -0.3 is 10.5 Å². The van der Waals surface area contributed by atoms with Crippen LogP contribution in [0.5, 0.6) is 5.75 Å². The highest BCUT2D eigenvalue weighted by molar-refractivity contribution is 14.1. The molecule has 0 aliphatic rings.